The largest absolute Gasteiger partial charge is 0.443 e. The van der Waals surface area contributed by atoms with Crippen LogP contribution in [-0.4, -0.2) is 47.7 Å². The fourth-order valence-electron chi connectivity index (χ4n) is 4.44. The first-order chi connectivity index (χ1) is 17.4. The van der Waals surface area contributed by atoms with Gasteiger partial charge in [0.1, 0.15) is 17.0 Å². The quantitative estimate of drug-likeness (QED) is 0.362. The maximum Gasteiger partial charge on any atom is 0.419 e. The number of ether oxygens (including phenoxy) is 1. The Labute approximate surface area is 222 Å². The molecule has 0 saturated carbocycles. The molecule has 1 aliphatic heterocycles. The third-order valence-corrected chi connectivity index (χ3v) is 6.85. The van der Waals surface area contributed by atoms with E-state index in [9.17, 15) is 14.4 Å². The second-order valence-corrected chi connectivity index (χ2v) is 10.8. The van der Waals surface area contributed by atoms with E-state index in [0.717, 1.165) is 5.69 Å². The first kappa shape index (κ1) is 25.1. The van der Waals surface area contributed by atoms with Gasteiger partial charge in [-0.3, -0.25) is 14.2 Å². The summed E-state index contributed by atoms with van der Waals surface area (Å²) in [7, 11) is 0. The van der Waals surface area contributed by atoms with Crippen molar-refractivity contribution in [3.63, 3.8) is 0 Å². The Morgan fingerprint density at radius 2 is 1.81 bits per heavy atom. The Hall–Kier alpha value is -3.56. The molecule has 0 fully saturated rings. The number of hydrogen-bond donors (Lipinski definition) is 0. The minimum Gasteiger partial charge on any atom is -0.443 e. The van der Waals surface area contributed by atoms with Crippen LogP contribution in [-0.2, 0) is 17.8 Å². The summed E-state index contributed by atoms with van der Waals surface area (Å²) >= 11 is 12.5. The molecule has 0 radical (unpaired) electrons. The van der Waals surface area contributed by atoms with Gasteiger partial charge in [-0.1, -0.05) is 23.2 Å². The Kier molecular flexibility index (Phi) is 6.16. The molecule has 0 saturated heterocycles. The van der Waals surface area contributed by atoms with Gasteiger partial charge in [0.15, 0.2) is 0 Å². The molecule has 0 N–H and O–H groups in total. The second-order valence-electron chi connectivity index (χ2n) is 10.00. The summed E-state index contributed by atoms with van der Waals surface area (Å²) in [5.74, 6) is -0.282. The van der Waals surface area contributed by atoms with Crippen molar-refractivity contribution in [1.29, 1.82) is 0 Å². The maximum absolute atomic E-state index is 13.4. The number of halogens is 2. The van der Waals surface area contributed by atoms with Gasteiger partial charge in [-0.15, -0.1) is 0 Å². The van der Waals surface area contributed by atoms with Gasteiger partial charge >= 0.3 is 6.09 Å². The highest BCUT2D eigenvalue weighted by Gasteiger charge is 2.28. The van der Waals surface area contributed by atoms with E-state index in [0.29, 0.717) is 51.0 Å². The topological polar surface area (TPSA) is 91.4 Å². The van der Waals surface area contributed by atoms with Crippen molar-refractivity contribution < 1.29 is 14.3 Å². The first-order valence-corrected chi connectivity index (χ1v) is 12.4. The summed E-state index contributed by atoms with van der Waals surface area (Å²) in [4.78, 5) is 45.3. The maximum atomic E-state index is 13.4. The van der Waals surface area contributed by atoms with E-state index in [-0.39, 0.29) is 18.0 Å². The lowest BCUT2D eigenvalue weighted by molar-refractivity contribution is 0.0544. The standard InChI is InChI=1S/C26H25Cl2N5O4/c1-15-11-31(14-29-15)20-5-6-21-23(34)30(7-8-32(21)24(20)35)12-16-13-33(25(36)37-26(2,3)4)22-10-19(28)18(27)9-17(16)22/h5-6,9-11,13-14H,7-8,12H2,1-4H3. The summed E-state index contributed by atoms with van der Waals surface area (Å²) in [6, 6.07) is 6.58. The normalized spacial score (nSPS) is 13.8. The van der Waals surface area contributed by atoms with Crippen molar-refractivity contribution in [2.45, 2.75) is 46.4 Å². The molecule has 192 valence electrons. The number of carbonyl (C=O) groups is 2. The van der Waals surface area contributed by atoms with Crippen LogP contribution in [0.25, 0.3) is 16.6 Å². The molecule has 5 rings (SSSR count). The van der Waals surface area contributed by atoms with Crippen LogP contribution in [0, 0.1) is 6.92 Å². The number of rotatable bonds is 3. The molecular weight excluding hydrogens is 517 g/mol. The van der Waals surface area contributed by atoms with Gasteiger partial charge in [-0.25, -0.2) is 9.78 Å². The van der Waals surface area contributed by atoms with Gasteiger partial charge in [0.2, 0.25) is 0 Å². The van der Waals surface area contributed by atoms with Gasteiger partial charge in [-0.05, 0) is 57.5 Å². The third-order valence-electron chi connectivity index (χ3n) is 6.12. The van der Waals surface area contributed by atoms with E-state index >= 15 is 0 Å². The van der Waals surface area contributed by atoms with Crippen LogP contribution in [0.1, 0.15) is 42.5 Å². The van der Waals surface area contributed by atoms with Crippen LogP contribution in [0.2, 0.25) is 10.0 Å². The first-order valence-electron chi connectivity index (χ1n) is 11.7. The molecule has 0 atom stereocenters. The third kappa shape index (κ3) is 4.65. The molecule has 1 aromatic carbocycles. The van der Waals surface area contributed by atoms with Gasteiger partial charge < -0.3 is 18.8 Å². The van der Waals surface area contributed by atoms with Crippen molar-refractivity contribution in [2.24, 2.45) is 0 Å². The van der Waals surface area contributed by atoms with Crippen molar-refractivity contribution in [3.8, 4) is 5.69 Å². The number of benzene rings is 1. The van der Waals surface area contributed by atoms with Crippen molar-refractivity contribution in [3.05, 3.63) is 80.3 Å². The van der Waals surface area contributed by atoms with Crippen LogP contribution in [0.15, 0.2) is 47.8 Å². The molecule has 0 bridgehead atoms. The average molecular weight is 542 g/mol. The van der Waals surface area contributed by atoms with Crippen LogP contribution >= 0.6 is 23.2 Å². The molecule has 4 heterocycles. The Morgan fingerprint density at radius 3 is 2.49 bits per heavy atom. The number of pyridine rings is 1. The summed E-state index contributed by atoms with van der Waals surface area (Å²) in [6.07, 6.45) is 4.42. The number of imidazole rings is 1. The average Bonchev–Trinajstić information content (AvgIpc) is 3.39. The molecule has 3 aromatic heterocycles. The fraction of sp³-hybridized carbons (Fsp3) is 0.308. The molecule has 0 aliphatic carbocycles. The fourth-order valence-corrected chi connectivity index (χ4v) is 4.76. The SMILES string of the molecule is Cc1cn(-c2ccc3n(c2=O)CCN(Cc2cn(C(=O)OC(C)(C)C)c4cc(Cl)c(Cl)cc24)C3=O)cn1. The van der Waals surface area contributed by atoms with Gasteiger partial charge in [-0.2, -0.15) is 0 Å². The van der Waals surface area contributed by atoms with Crippen LogP contribution in [0.4, 0.5) is 4.79 Å². The molecule has 1 aliphatic rings. The van der Waals surface area contributed by atoms with Crippen LogP contribution in [0.3, 0.4) is 0 Å². The molecular formula is C26H25Cl2N5O4. The van der Waals surface area contributed by atoms with E-state index in [1.54, 1.807) is 73.2 Å². The molecule has 11 heteroatoms. The number of aromatic nitrogens is 4. The minimum atomic E-state index is -0.696. The number of fused-ring (bicyclic) bond motifs is 2. The molecule has 0 unspecified atom stereocenters. The van der Waals surface area contributed by atoms with Crippen LogP contribution < -0.4 is 5.56 Å². The highest BCUT2D eigenvalue weighted by atomic mass is 35.5. The number of hydrogen-bond acceptors (Lipinski definition) is 5. The molecule has 9 nitrogen and oxygen atoms in total. The zero-order valence-electron chi connectivity index (χ0n) is 20.8. The Bertz CT molecular complexity index is 1630. The lowest BCUT2D eigenvalue weighted by Gasteiger charge is -2.29. The predicted molar refractivity (Wildman–Crippen MR) is 141 cm³/mol. The summed E-state index contributed by atoms with van der Waals surface area (Å²) in [5, 5.41) is 1.32. The van der Waals surface area contributed by atoms with E-state index in [4.69, 9.17) is 27.9 Å². The summed E-state index contributed by atoms with van der Waals surface area (Å²) in [5.41, 5.74) is 1.79. The van der Waals surface area contributed by atoms with Gasteiger partial charge in [0.05, 0.1) is 27.6 Å². The number of amides is 1. The summed E-state index contributed by atoms with van der Waals surface area (Å²) < 4.78 is 10.1. The molecule has 4 aromatic rings. The smallest absolute Gasteiger partial charge is 0.419 e. The predicted octanol–water partition coefficient (Wildman–Crippen LogP) is 5.04. The minimum absolute atomic E-state index is 0.208. The second kappa shape index (κ2) is 9.08. The van der Waals surface area contributed by atoms with Crippen molar-refractivity contribution in [2.75, 3.05) is 6.54 Å². The van der Waals surface area contributed by atoms with Gasteiger partial charge in [0.25, 0.3) is 11.5 Å². The van der Waals surface area contributed by atoms with Crippen molar-refractivity contribution in [1.82, 2.24) is 23.6 Å². The number of carbonyl (C=O) groups excluding carboxylic acids is 2. The van der Waals surface area contributed by atoms with E-state index in [1.807, 2.05) is 6.92 Å². The highest BCUT2D eigenvalue weighted by Crippen LogP contribution is 2.32. The monoisotopic (exact) mass is 541 g/mol. The molecule has 1 amide bonds. The zero-order chi connectivity index (χ0) is 26.6. The number of aryl methyl sites for hydroxylation is 1. The summed E-state index contributed by atoms with van der Waals surface area (Å²) in [6.45, 7) is 8.05. The molecule has 0 spiro atoms. The number of nitrogens with zero attached hydrogens (tertiary/aromatic N) is 5. The van der Waals surface area contributed by atoms with Crippen LogP contribution in [0.5, 0.6) is 0 Å². The van der Waals surface area contributed by atoms with E-state index < -0.39 is 11.7 Å². The Morgan fingerprint density at radius 1 is 1.08 bits per heavy atom. The van der Waals surface area contributed by atoms with Crippen molar-refractivity contribution >= 4 is 46.1 Å². The zero-order valence-corrected chi connectivity index (χ0v) is 22.3. The Balaban J connectivity index is 1.49. The lowest BCUT2D eigenvalue weighted by Crippen LogP contribution is -2.44. The van der Waals surface area contributed by atoms with Gasteiger partial charge in [0, 0.05) is 37.4 Å². The highest BCUT2D eigenvalue weighted by molar-refractivity contribution is 6.42. The molecule has 37 heavy (non-hydrogen) atoms. The van der Waals surface area contributed by atoms with E-state index in [1.165, 1.54) is 9.13 Å². The lowest BCUT2D eigenvalue weighted by atomic mass is 10.1. The van der Waals surface area contributed by atoms with E-state index in [2.05, 4.69) is 4.98 Å².